The van der Waals surface area contributed by atoms with Crippen molar-refractivity contribution in [3.8, 4) is 5.88 Å². The number of rotatable bonds is 0. The lowest BCUT2D eigenvalue weighted by atomic mass is 10.5. The molecule has 0 aliphatic carbocycles. The summed E-state index contributed by atoms with van der Waals surface area (Å²) in [6.45, 7) is 0. The van der Waals surface area contributed by atoms with E-state index in [-0.39, 0.29) is 5.88 Å². The van der Waals surface area contributed by atoms with Crippen LogP contribution >= 0.6 is 0 Å². The predicted molar refractivity (Wildman–Crippen MR) is 33.3 cm³/mol. The van der Waals surface area contributed by atoms with Gasteiger partial charge in [0.25, 0.3) is 5.88 Å². The predicted octanol–water partition coefficient (Wildman–Crippen LogP) is 0.0585. The number of aromatic hydroxyl groups is 1. The van der Waals surface area contributed by atoms with E-state index < -0.39 is 0 Å². The Bertz CT molecular complexity index is 355. The molecule has 2 N–H and O–H groups in total. The summed E-state index contributed by atoms with van der Waals surface area (Å²) in [5.41, 5.74) is 1.09. The SMILES string of the molecule is Oc1n[nH]c2cncnc12. The van der Waals surface area contributed by atoms with Crippen LogP contribution < -0.4 is 0 Å². The summed E-state index contributed by atoms with van der Waals surface area (Å²) in [5, 5.41) is 15.1. The zero-order chi connectivity index (χ0) is 6.97. The molecule has 0 aliphatic rings. The van der Waals surface area contributed by atoms with Gasteiger partial charge in [-0.1, -0.05) is 0 Å². The third-order valence-corrected chi connectivity index (χ3v) is 1.21. The van der Waals surface area contributed by atoms with E-state index in [9.17, 15) is 0 Å². The van der Waals surface area contributed by atoms with Crippen LogP contribution in [0.4, 0.5) is 0 Å². The molecule has 0 fully saturated rings. The van der Waals surface area contributed by atoms with Crippen molar-refractivity contribution < 1.29 is 5.11 Å². The van der Waals surface area contributed by atoms with E-state index in [1.165, 1.54) is 6.33 Å². The van der Waals surface area contributed by atoms with Crippen LogP contribution in [0.15, 0.2) is 12.5 Å². The Kier molecular flexibility index (Phi) is 0.858. The molecule has 2 rings (SSSR count). The van der Waals surface area contributed by atoms with E-state index in [0.717, 1.165) is 0 Å². The third-order valence-electron chi connectivity index (χ3n) is 1.21. The number of nitrogens with zero attached hydrogens (tertiary/aromatic N) is 3. The smallest absolute Gasteiger partial charge is 0.257 e. The summed E-state index contributed by atoms with van der Waals surface area (Å²) in [4.78, 5) is 7.52. The first-order chi connectivity index (χ1) is 4.88. The van der Waals surface area contributed by atoms with Crippen LogP contribution in [0.1, 0.15) is 0 Å². The second-order valence-electron chi connectivity index (χ2n) is 1.83. The molecule has 0 aliphatic heterocycles. The quantitative estimate of drug-likeness (QED) is 0.537. The first kappa shape index (κ1) is 5.16. The number of hydrogen-bond acceptors (Lipinski definition) is 4. The van der Waals surface area contributed by atoms with Crippen molar-refractivity contribution in [3.05, 3.63) is 12.5 Å². The number of hydrogen-bond donors (Lipinski definition) is 2. The monoisotopic (exact) mass is 136 g/mol. The zero-order valence-corrected chi connectivity index (χ0v) is 4.94. The van der Waals surface area contributed by atoms with Crippen LogP contribution in [0.2, 0.25) is 0 Å². The van der Waals surface area contributed by atoms with Gasteiger partial charge in [-0.25, -0.2) is 9.97 Å². The van der Waals surface area contributed by atoms with Gasteiger partial charge in [0.05, 0.1) is 6.20 Å². The van der Waals surface area contributed by atoms with Gasteiger partial charge in [0.15, 0.2) is 5.52 Å². The summed E-state index contributed by atoms with van der Waals surface area (Å²) in [6, 6.07) is 0. The molecule has 5 heteroatoms. The molecular weight excluding hydrogens is 132 g/mol. The average Bonchev–Trinajstić information content (AvgIpc) is 2.34. The van der Waals surface area contributed by atoms with Crippen LogP contribution in [0.25, 0.3) is 11.0 Å². The fraction of sp³-hybridized carbons (Fsp3) is 0. The lowest BCUT2D eigenvalue weighted by Crippen LogP contribution is -1.75. The maximum Gasteiger partial charge on any atom is 0.257 e. The molecule has 5 nitrogen and oxygen atoms in total. The highest BCUT2D eigenvalue weighted by atomic mass is 16.3. The average molecular weight is 136 g/mol. The molecule has 2 aromatic rings. The van der Waals surface area contributed by atoms with E-state index >= 15 is 0 Å². The molecule has 0 amide bonds. The molecule has 10 heavy (non-hydrogen) atoms. The van der Waals surface area contributed by atoms with Gasteiger partial charge in [-0.05, 0) is 0 Å². The van der Waals surface area contributed by atoms with E-state index in [4.69, 9.17) is 5.11 Å². The molecule has 0 atom stereocenters. The fourth-order valence-electron chi connectivity index (χ4n) is 0.756. The minimum absolute atomic E-state index is 0.0857. The van der Waals surface area contributed by atoms with Crippen molar-refractivity contribution in [2.24, 2.45) is 0 Å². The first-order valence-corrected chi connectivity index (χ1v) is 2.71. The van der Waals surface area contributed by atoms with Crippen molar-refractivity contribution in [2.75, 3.05) is 0 Å². The van der Waals surface area contributed by atoms with E-state index in [2.05, 4.69) is 20.2 Å². The molecule has 2 heterocycles. The maximum atomic E-state index is 8.98. The summed E-state index contributed by atoms with van der Waals surface area (Å²) in [7, 11) is 0. The molecule has 0 radical (unpaired) electrons. The fourth-order valence-corrected chi connectivity index (χ4v) is 0.756. The highest BCUT2D eigenvalue weighted by molar-refractivity contribution is 5.77. The highest BCUT2D eigenvalue weighted by Crippen LogP contribution is 2.15. The van der Waals surface area contributed by atoms with Crippen LogP contribution in [0.3, 0.4) is 0 Å². The number of fused-ring (bicyclic) bond motifs is 1. The number of nitrogens with one attached hydrogen (secondary N) is 1. The van der Waals surface area contributed by atoms with Crippen LogP contribution in [-0.2, 0) is 0 Å². The Morgan fingerprint density at radius 2 is 2.40 bits per heavy atom. The normalized spacial score (nSPS) is 10.4. The second-order valence-corrected chi connectivity index (χ2v) is 1.83. The van der Waals surface area contributed by atoms with Gasteiger partial charge in [-0.3, -0.25) is 5.10 Å². The van der Waals surface area contributed by atoms with Gasteiger partial charge >= 0.3 is 0 Å². The van der Waals surface area contributed by atoms with Crippen LogP contribution in [0, 0.1) is 0 Å². The topological polar surface area (TPSA) is 74.7 Å². The molecule has 0 aromatic carbocycles. The Balaban J connectivity index is 2.93. The minimum atomic E-state index is -0.0857. The zero-order valence-electron chi connectivity index (χ0n) is 4.94. The van der Waals surface area contributed by atoms with Gasteiger partial charge in [-0.2, -0.15) is 0 Å². The van der Waals surface area contributed by atoms with Crippen LogP contribution in [-0.4, -0.2) is 25.3 Å². The van der Waals surface area contributed by atoms with Crippen molar-refractivity contribution in [3.63, 3.8) is 0 Å². The Labute approximate surface area is 55.7 Å². The lowest BCUT2D eigenvalue weighted by molar-refractivity contribution is 0.456. The van der Waals surface area contributed by atoms with E-state index in [1.54, 1.807) is 6.20 Å². The second kappa shape index (κ2) is 1.66. The Morgan fingerprint density at radius 3 is 3.20 bits per heavy atom. The van der Waals surface area contributed by atoms with E-state index in [0.29, 0.717) is 11.0 Å². The summed E-state index contributed by atoms with van der Waals surface area (Å²) in [5.74, 6) is -0.0857. The molecule has 0 unspecified atom stereocenters. The van der Waals surface area contributed by atoms with Crippen molar-refractivity contribution in [1.82, 2.24) is 20.2 Å². The van der Waals surface area contributed by atoms with Crippen LogP contribution in [0.5, 0.6) is 5.88 Å². The maximum absolute atomic E-state index is 8.98. The summed E-state index contributed by atoms with van der Waals surface area (Å²) < 4.78 is 0. The lowest BCUT2D eigenvalue weighted by Gasteiger charge is -1.82. The number of aromatic nitrogens is 4. The highest BCUT2D eigenvalue weighted by Gasteiger charge is 2.01. The standard InChI is InChI=1S/C5H4N4O/c10-5-4-3(8-9-5)1-6-2-7-4/h1-2H,(H2,8,9,10). The van der Waals surface area contributed by atoms with Gasteiger partial charge in [-0.15, -0.1) is 5.10 Å². The molecule has 2 aromatic heterocycles. The van der Waals surface area contributed by atoms with Crippen molar-refractivity contribution >= 4 is 11.0 Å². The van der Waals surface area contributed by atoms with Gasteiger partial charge in [0, 0.05) is 0 Å². The Morgan fingerprint density at radius 1 is 1.50 bits per heavy atom. The number of H-pyrrole nitrogens is 1. The minimum Gasteiger partial charge on any atom is -0.491 e. The molecule has 0 saturated carbocycles. The van der Waals surface area contributed by atoms with Crippen molar-refractivity contribution in [2.45, 2.75) is 0 Å². The molecule has 50 valence electrons. The Hall–Kier alpha value is -1.65. The van der Waals surface area contributed by atoms with Gasteiger partial charge in [0.2, 0.25) is 0 Å². The summed E-state index contributed by atoms with van der Waals surface area (Å²) >= 11 is 0. The van der Waals surface area contributed by atoms with E-state index in [1.807, 2.05) is 0 Å². The molecular formula is C5H4N4O. The van der Waals surface area contributed by atoms with Gasteiger partial charge in [0.1, 0.15) is 11.8 Å². The first-order valence-electron chi connectivity index (χ1n) is 2.71. The molecule has 0 spiro atoms. The third kappa shape index (κ3) is 0.540. The van der Waals surface area contributed by atoms with Gasteiger partial charge < -0.3 is 5.11 Å². The molecule has 0 saturated heterocycles. The summed E-state index contributed by atoms with van der Waals surface area (Å²) in [6.07, 6.45) is 2.91. The van der Waals surface area contributed by atoms with Crippen molar-refractivity contribution in [1.29, 1.82) is 0 Å². The largest absolute Gasteiger partial charge is 0.491 e. The number of aromatic amines is 1. The molecule has 0 bridgehead atoms.